The molecule has 0 radical (unpaired) electrons. The molecule has 0 aliphatic carbocycles. The number of hydrogen-bond donors (Lipinski definition) is 4. The fourth-order valence-corrected chi connectivity index (χ4v) is 5.13. The molecule has 6 N–H and O–H groups in total. The van der Waals surface area contributed by atoms with Gasteiger partial charge >= 0.3 is 12.2 Å². The van der Waals surface area contributed by atoms with E-state index in [1.165, 1.54) is 16.6 Å². The Morgan fingerprint density at radius 3 is 1.75 bits per heavy atom. The topological polar surface area (TPSA) is 171 Å². The van der Waals surface area contributed by atoms with Gasteiger partial charge in [0, 0.05) is 5.92 Å². The van der Waals surface area contributed by atoms with Crippen LogP contribution in [0.4, 0.5) is 29.2 Å². The van der Waals surface area contributed by atoms with Crippen LogP contribution >= 0.6 is 0 Å². The predicted octanol–water partition coefficient (Wildman–Crippen LogP) is 1.86. The van der Waals surface area contributed by atoms with E-state index in [4.69, 9.17) is 26.0 Å². The van der Waals surface area contributed by atoms with Gasteiger partial charge in [0.2, 0.25) is 0 Å². The van der Waals surface area contributed by atoms with Gasteiger partial charge in [-0.1, -0.05) is 13.8 Å². The standard InChI is InChI=1S/C13H16F2N4O.C11H12F2N4O3/c1-3-9-6(2)10(14)11(20-9)7-4-5-8-12(16)17-13(15)18-19(7)8;12-7-8(19)6(3-18)20-9(7)4-1-2-5-10(14)15-11(13)16-17(4)5/h4-6,9-11H,3H2,1-2H3,(H2,16,17,18);1-2,6-9,18-19H,3H2,(H2,14,15,16)/t6-,9-,10-,11?;6-,7-,8-,9?/m11/s1. The first-order valence-corrected chi connectivity index (χ1v) is 12.5. The summed E-state index contributed by atoms with van der Waals surface area (Å²) >= 11 is 0. The van der Waals surface area contributed by atoms with Crippen molar-refractivity contribution in [2.24, 2.45) is 5.92 Å². The van der Waals surface area contributed by atoms with Crippen LogP contribution in [-0.4, -0.2) is 76.7 Å². The van der Waals surface area contributed by atoms with Crippen LogP contribution in [0.3, 0.4) is 0 Å². The number of rotatable bonds is 4. The van der Waals surface area contributed by atoms with Crippen molar-refractivity contribution >= 4 is 22.7 Å². The molecule has 0 bridgehead atoms. The quantitative estimate of drug-likeness (QED) is 0.266. The number of nitrogens with two attached hydrogens (primary N) is 2. The third-order valence-electron chi connectivity index (χ3n) is 7.27. The van der Waals surface area contributed by atoms with Crippen LogP contribution in [0.25, 0.3) is 11.0 Å². The smallest absolute Gasteiger partial charge is 0.327 e. The molecule has 0 amide bonds. The zero-order valence-electron chi connectivity index (χ0n) is 21.4. The summed E-state index contributed by atoms with van der Waals surface area (Å²) in [7, 11) is 0. The van der Waals surface area contributed by atoms with Gasteiger partial charge in [-0.3, -0.25) is 0 Å². The monoisotopic (exact) mass is 568 g/mol. The van der Waals surface area contributed by atoms with Gasteiger partial charge < -0.3 is 31.2 Å². The van der Waals surface area contributed by atoms with Crippen molar-refractivity contribution in [1.29, 1.82) is 0 Å². The highest BCUT2D eigenvalue weighted by Gasteiger charge is 2.46. The molecular formula is C24H28F4N8O4. The lowest BCUT2D eigenvalue weighted by molar-refractivity contribution is -0.0241. The molecule has 6 rings (SSSR count). The molecule has 0 spiro atoms. The van der Waals surface area contributed by atoms with Crippen molar-refractivity contribution in [2.75, 3.05) is 18.1 Å². The molecular weight excluding hydrogens is 540 g/mol. The summed E-state index contributed by atoms with van der Waals surface area (Å²) < 4.78 is 68.3. The summed E-state index contributed by atoms with van der Waals surface area (Å²) in [5, 5.41) is 25.8. The third kappa shape index (κ3) is 4.70. The fourth-order valence-electron chi connectivity index (χ4n) is 5.13. The van der Waals surface area contributed by atoms with Gasteiger partial charge in [-0.25, -0.2) is 17.8 Å². The van der Waals surface area contributed by atoms with Crippen molar-refractivity contribution in [3.8, 4) is 0 Å². The van der Waals surface area contributed by atoms with Gasteiger partial charge in [-0.2, -0.15) is 18.7 Å². The molecule has 2 unspecified atom stereocenters. The summed E-state index contributed by atoms with van der Waals surface area (Å²) in [6.07, 6.45) is -8.76. The molecule has 216 valence electrons. The molecule has 16 heteroatoms. The maximum absolute atomic E-state index is 14.4. The lowest BCUT2D eigenvalue weighted by Crippen LogP contribution is -2.30. The van der Waals surface area contributed by atoms with Crippen molar-refractivity contribution < 1.29 is 37.2 Å². The molecule has 2 saturated heterocycles. The van der Waals surface area contributed by atoms with E-state index in [9.17, 15) is 22.7 Å². The number of hydrogen-bond acceptors (Lipinski definition) is 10. The van der Waals surface area contributed by atoms with Gasteiger partial charge in [-0.05, 0) is 30.7 Å². The van der Waals surface area contributed by atoms with E-state index in [0.717, 1.165) is 10.9 Å². The van der Waals surface area contributed by atoms with Crippen molar-refractivity contribution in [1.82, 2.24) is 29.2 Å². The maximum atomic E-state index is 14.4. The first-order valence-electron chi connectivity index (χ1n) is 12.5. The van der Waals surface area contributed by atoms with Gasteiger partial charge in [0.05, 0.1) is 24.1 Å². The molecule has 40 heavy (non-hydrogen) atoms. The minimum Gasteiger partial charge on any atom is -0.394 e. The Hall–Kier alpha value is -3.60. The molecule has 0 aromatic carbocycles. The van der Waals surface area contributed by atoms with E-state index in [2.05, 4.69) is 20.2 Å². The molecule has 4 aromatic heterocycles. The molecule has 8 atom stereocenters. The van der Waals surface area contributed by atoms with Crippen molar-refractivity contribution in [3.05, 3.63) is 47.8 Å². The van der Waals surface area contributed by atoms with E-state index >= 15 is 0 Å². The SMILES string of the molecule is CC[C@H]1OC(c2ccc3c(N)nc(F)nn23)[C@H](F)[C@@H]1C.Nc1nc(F)nn2c(C3O[C@H](CO)[C@@H](O)[C@H]3F)ccc12. The van der Waals surface area contributed by atoms with E-state index in [-0.39, 0.29) is 29.4 Å². The Morgan fingerprint density at radius 2 is 1.32 bits per heavy atom. The number of anilines is 2. The molecule has 12 nitrogen and oxygen atoms in total. The minimum atomic E-state index is -1.76. The fraction of sp³-hybridized carbons (Fsp3) is 0.500. The number of ether oxygens (including phenoxy) is 2. The highest BCUT2D eigenvalue weighted by Crippen LogP contribution is 2.41. The highest BCUT2D eigenvalue weighted by atomic mass is 19.1. The zero-order chi connectivity index (χ0) is 28.9. The number of aliphatic hydroxyl groups excluding tert-OH is 2. The first-order chi connectivity index (χ1) is 19.0. The predicted molar refractivity (Wildman–Crippen MR) is 132 cm³/mol. The lowest BCUT2D eigenvalue weighted by Gasteiger charge is -2.13. The Kier molecular flexibility index (Phi) is 7.52. The Balaban J connectivity index is 0.000000161. The second-order valence-corrected chi connectivity index (χ2v) is 9.66. The number of halogens is 4. The summed E-state index contributed by atoms with van der Waals surface area (Å²) in [6.45, 7) is 3.25. The Labute approximate surface area is 224 Å². The van der Waals surface area contributed by atoms with E-state index in [1.807, 2.05) is 13.8 Å². The van der Waals surface area contributed by atoms with Crippen LogP contribution in [0.15, 0.2) is 24.3 Å². The van der Waals surface area contributed by atoms with Crippen molar-refractivity contribution in [3.63, 3.8) is 0 Å². The number of aliphatic hydroxyl groups is 2. The summed E-state index contributed by atoms with van der Waals surface area (Å²) in [4.78, 5) is 6.81. The summed E-state index contributed by atoms with van der Waals surface area (Å²) in [5.74, 6) is -0.270. The first kappa shape index (κ1) is 27.9. The number of nitrogen functional groups attached to an aromatic ring is 2. The van der Waals surface area contributed by atoms with Crippen LogP contribution < -0.4 is 11.5 Å². The lowest BCUT2D eigenvalue weighted by atomic mass is 9.97. The van der Waals surface area contributed by atoms with E-state index in [0.29, 0.717) is 16.7 Å². The van der Waals surface area contributed by atoms with Gasteiger partial charge in [0.15, 0.2) is 17.8 Å². The average Bonchev–Trinajstić information content (AvgIpc) is 3.66. The average molecular weight is 569 g/mol. The number of aromatic nitrogens is 6. The minimum absolute atomic E-state index is 0.0252. The molecule has 4 aromatic rings. The molecule has 6 heterocycles. The Bertz CT molecular complexity index is 1410. The summed E-state index contributed by atoms with van der Waals surface area (Å²) in [5.41, 5.74) is 12.6. The number of fused-ring (bicyclic) bond motifs is 2. The second-order valence-electron chi connectivity index (χ2n) is 9.66. The Morgan fingerprint density at radius 1 is 0.850 bits per heavy atom. The summed E-state index contributed by atoms with van der Waals surface area (Å²) in [6, 6.07) is 6.26. The second kappa shape index (κ2) is 10.8. The van der Waals surface area contributed by atoms with E-state index in [1.54, 1.807) is 12.1 Å². The zero-order valence-corrected chi connectivity index (χ0v) is 21.4. The molecule has 2 aliphatic rings. The van der Waals surface area contributed by atoms with Crippen LogP contribution in [0.5, 0.6) is 0 Å². The highest BCUT2D eigenvalue weighted by molar-refractivity contribution is 5.66. The molecule has 2 fully saturated rings. The van der Waals surface area contributed by atoms with Gasteiger partial charge in [0.1, 0.15) is 41.6 Å². The maximum Gasteiger partial charge on any atom is 0.327 e. The molecule has 0 saturated carbocycles. The van der Waals surface area contributed by atoms with Crippen LogP contribution in [0, 0.1) is 18.1 Å². The van der Waals surface area contributed by atoms with Gasteiger partial charge in [-0.15, -0.1) is 10.2 Å². The van der Waals surface area contributed by atoms with E-state index < -0.39 is 55.5 Å². The third-order valence-corrected chi connectivity index (χ3v) is 7.27. The van der Waals surface area contributed by atoms with Gasteiger partial charge in [0.25, 0.3) is 0 Å². The number of nitrogens with zero attached hydrogens (tertiary/aromatic N) is 6. The van der Waals surface area contributed by atoms with Crippen LogP contribution in [-0.2, 0) is 9.47 Å². The van der Waals surface area contributed by atoms with Crippen LogP contribution in [0.2, 0.25) is 0 Å². The van der Waals surface area contributed by atoms with Crippen LogP contribution in [0.1, 0.15) is 43.9 Å². The number of alkyl halides is 2. The molecule has 2 aliphatic heterocycles. The normalized spacial score (nSPS) is 30.2. The largest absolute Gasteiger partial charge is 0.394 e. The van der Waals surface area contributed by atoms with Crippen molar-refractivity contribution in [2.45, 2.75) is 63.1 Å².